The molecule has 6 nitrogen and oxygen atoms in total. The monoisotopic (exact) mass is 312 g/mol. The molecular formula is C17H20N4O2. The fourth-order valence-corrected chi connectivity index (χ4v) is 1.89. The molecule has 0 spiro atoms. The summed E-state index contributed by atoms with van der Waals surface area (Å²) in [6.45, 7) is 2.27. The van der Waals surface area contributed by atoms with Crippen molar-refractivity contribution in [3.05, 3.63) is 59.7 Å². The molecule has 6 heteroatoms. The van der Waals surface area contributed by atoms with Crippen LogP contribution in [0.3, 0.4) is 0 Å². The number of rotatable bonds is 6. The predicted molar refractivity (Wildman–Crippen MR) is 91.3 cm³/mol. The molecule has 0 aliphatic heterocycles. The highest BCUT2D eigenvalue weighted by atomic mass is 16.5. The van der Waals surface area contributed by atoms with Crippen LogP contribution in [0.2, 0.25) is 0 Å². The third-order valence-corrected chi connectivity index (χ3v) is 3.04. The van der Waals surface area contributed by atoms with E-state index in [4.69, 9.17) is 16.2 Å². The molecular weight excluding hydrogens is 292 g/mol. The van der Waals surface area contributed by atoms with E-state index >= 15 is 0 Å². The van der Waals surface area contributed by atoms with Crippen molar-refractivity contribution in [3.8, 4) is 5.75 Å². The minimum atomic E-state index is -0.514. The standard InChI is InChI=1S/C17H20N4O2/c1-12-5-7-14(8-6-12)21-17(19)20-10-13-3-2-4-15(9-13)23-11-16(18)22/h2-9H,10-11H2,1H3,(H2,18,22)(H3,19,20,21). The Morgan fingerprint density at radius 3 is 2.61 bits per heavy atom. The zero-order valence-corrected chi connectivity index (χ0v) is 13.0. The van der Waals surface area contributed by atoms with Gasteiger partial charge in [0.1, 0.15) is 5.75 Å². The molecule has 5 N–H and O–H groups in total. The highest BCUT2D eigenvalue weighted by molar-refractivity contribution is 5.92. The molecule has 0 aromatic heterocycles. The predicted octanol–water partition coefficient (Wildman–Crippen LogP) is 1.79. The van der Waals surface area contributed by atoms with Gasteiger partial charge in [0.05, 0.1) is 6.54 Å². The van der Waals surface area contributed by atoms with Crippen LogP contribution in [0.5, 0.6) is 5.75 Å². The van der Waals surface area contributed by atoms with E-state index < -0.39 is 5.91 Å². The van der Waals surface area contributed by atoms with E-state index in [-0.39, 0.29) is 6.61 Å². The fourth-order valence-electron chi connectivity index (χ4n) is 1.89. The first kappa shape index (κ1) is 16.4. The Balaban J connectivity index is 1.94. The van der Waals surface area contributed by atoms with E-state index in [9.17, 15) is 4.79 Å². The van der Waals surface area contributed by atoms with Gasteiger partial charge in [-0.1, -0.05) is 29.8 Å². The van der Waals surface area contributed by atoms with Crippen LogP contribution in [0, 0.1) is 6.92 Å². The normalized spacial score (nSPS) is 11.1. The summed E-state index contributed by atoms with van der Waals surface area (Å²) in [7, 11) is 0. The molecule has 23 heavy (non-hydrogen) atoms. The molecule has 2 rings (SSSR count). The van der Waals surface area contributed by atoms with E-state index in [0.717, 1.165) is 11.3 Å². The van der Waals surface area contributed by atoms with Crippen molar-refractivity contribution < 1.29 is 9.53 Å². The molecule has 0 heterocycles. The summed E-state index contributed by atoms with van der Waals surface area (Å²) in [5.41, 5.74) is 13.9. The van der Waals surface area contributed by atoms with Gasteiger partial charge in [0, 0.05) is 5.69 Å². The second-order valence-corrected chi connectivity index (χ2v) is 5.09. The maximum absolute atomic E-state index is 10.7. The van der Waals surface area contributed by atoms with Gasteiger partial charge in [-0.25, -0.2) is 4.99 Å². The second-order valence-electron chi connectivity index (χ2n) is 5.09. The summed E-state index contributed by atoms with van der Waals surface area (Å²) in [6.07, 6.45) is 0. The number of carbonyl (C=O) groups excluding carboxylic acids is 1. The molecule has 120 valence electrons. The highest BCUT2D eigenvalue weighted by Crippen LogP contribution is 2.14. The van der Waals surface area contributed by atoms with Gasteiger partial charge in [-0.15, -0.1) is 0 Å². The van der Waals surface area contributed by atoms with Crippen molar-refractivity contribution in [3.63, 3.8) is 0 Å². The van der Waals surface area contributed by atoms with Crippen molar-refractivity contribution >= 4 is 17.6 Å². The summed E-state index contributed by atoms with van der Waals surface area (Å²) in [4.78, 5) is 15.0. The quantitative estimate of drug-likeness (QED) is 0.559. The lowest BCUT2D eigenvalue weighted by Crippen LogP contribution is -2.22. The van der Waals surface area contributed by atoms with Crippen LogP contribution in [-0.2, 0) is 11.3 Å². The van der Waals surface area contributed by atoms with Gasteiger partial charge in [0.25, 0.3) is 5.91 Å². The first-order valence-electron chi connectivity index (χ1n) is 7.16. The number of nitrogens with one attached hydrogen (secondary N) is 1. The Morgan fingerprint density at radius 2 is 1.91 bits per heavy atom. The second kappa shape index (κ2) is 7.84. The maximum atomic E-state index is 10.7. The van der Waals surface area contributed by atoms with Gasteiger partial charge in [-0.3, -0.25) is 4.79 Å². The lowest BCUT2D eigenvalue weighted by Gasteiger charge is -2.07. The van der Waals surface area contributed by atoms with E-state index in [1.165, 1.54) is 5.56 Å². The molecule has 0 saturated heterocycles. The molecule has 1 amide bonds. The molecule has 0 saturated carbocycles. The Labute approximate surface area is 135 Å². The lowest BCUT2D eigenvalue weighted by atomic mass is 10.2. The van der Waals surface area contributed by atoms with Gasteiger partial charge < -0.3 is 21.5 Å². The molecule has 0 aliphatic rings. The van der Waals surface area contributed by atoms with E-state index in [1.807, 2.05) is 43.3 Å². The zero-order valence-electron chi connectivity index (χ0n) is 13.0. The molecule has 2 aromatic carbocycles. The van der Waals surface area contributed by atoms with Crippen LogP contribution >= 0.6 is 0 Å². The van der Waals surface area contributed by atoms with Crippen LogP contribution in [0.4, 0.5) is 5.69 Å². The van der Waals surface area contributed by atoms with Crippen molar-refractivity contribution in [1.82, 2.24) is 0 Å². The number of hydrogen-bond acceptors (Lipinski definition) is 3. The first-order valence-corrected chi connectivity index (χ1v) is 7.16. The van der Waals surface area contributed by atoms with Gasteiger partial charge in [-0.2, -0.15) is 0 Å². The number of nitrogens with two attached hydrogens (primary N) is 2. The van der Waals surface area contributed by atoms with Gasteiger partial charge in [0.2, 0.25) is 0 Å². The van der Waals surface area contributed by atoms with Gasteiger partial charge in [-0.05, 0) is 36.8 Å². The molecule has 2 aromatic rings. The Kier molecular flexibility index (Phi) is 5.57. The number of hydrogen-bond donors (Lipinski definition) is 3. The first-order chi connectivity index (χ1) is 11.0. The fraction of sp³-hybridized carbons (Fsp3) is 0.176. The number of aliphatic imine (C=N–C) groups is 1. The van der Waals surface area contributed by atoms with Crippen molar-refractivity contribution in [2.75, 3.05) is 11.9 Å². The van der Waals surface area contributed by atoms with Crippen LogP contribution in [0.25, 0.3) is 0 Å². The number of anilines is 1. The molecule has 0 bridgehead atoms. The van der Waals surface area contributed by atoms with Crippen molar-refractivity contribution in [2.45, 2.75) is 13.5 Å². The number of guanidine groups is 1. The largest absolute Gasteiger partial charge is 0.484 e. The summed E-state index contributed by atoms with van der Waals surface area (Å²) in [5.74, 6) is 0.388. The molecule has 0 atom stereocenters. The Bertz CT molecular complexity index is 696. The number of aryl methyl sites for hydroxylation is 1. The van der Waals surface area contributed by atoms with Crippen molar-refractivity contribution in [1.29, 1.82) is 0 Å². The summed E-state index contributed by atoms with van der Waals surface area (Å²) in [6, 6.07) is 15.1. The number of ether oxygens (including phenoxy) is 1. The number of nitrogens with zero attached hydrogens (tertiary/aromatic N) is 1. The van der Waals surface area contributed by atoms with Gasteiger partial charge in [0.15, 0.2) is 12.6 Å². The summed E-state index contributed by atoms with van der Waals surface area (Å²) >= 11 is 0. The zero-order chi connectivity index (χ0) is 16.7. The summed E-state index contributed by atoms with van der Waals surface area (Å²) < 4.78 is 5.25. The average molecular weight is 312 g/mol. The SMILES string of the molecule is Cc1ccc(NC(N)=NCc2cccc(OCC(N)=O)c2)cc1. The highest BCUT2D eigenvalue weighted by Gasteiger charge is 2.00. The lowest BCUT2D eigenvalue weighted by molar-refractivity contribution is -0.119. The molecule has 0 radical (unpaired) electrons. The van der Waals surface area contributed by atoms with E-state index in [2.05, 4.69) is 10.3 Å². The molecule has 0 aliphatic carbocycles. The summed E-state index contributed by atoms with van der Waals surface area (Å²) in [5, 5.41) is 3.03. The third kappa shape index (κ3) is 5.70. The number of benzene rings is 2. The number of carbonyl (C=O) groups is 1. The van der Waals surface area contributed by atoms with Crippen molar-refractivity contribution in [2.24, 2.45) is 16.5 Å². The third-order valence-electron chi connectivity index (χ3n) is 3.04. The minimum Gasteiger partial charge on any atom is -0.484 e. The van der Waals surface area contributed by atoms with Crippen LogP contribution < -0.4 is 21.5 Å². The Morgan fingerprint density at radius 1 is 1.17 bits per heavy atom. The van der Waals surface area contributed by atoms with E-state index in [0.29, 0.717) is 18.3 Å². The minimum absolute atomic E-state index is 0.149. The average Bonchev–Trinajstić information content (AvgIpc) is 2.54. The Hall–Kier alpha value is -3.02. The maximum Gasteiger partial charge on any atom is 0.255 e. The molecule has 0 unspecified atom stereocenters. The van der Waals surface area contributed by atoms with E-state index in [1.54, 1.807) is 12.1 Å². The van der Waals surface area contributed by atoms with Crippen LogP contribution in [-0.4, -0.2) is 18.5 Å². The van der Waals surface area contributed by atoms with Gasteiger partial charge >= 0.3 is 0 Å². The molecule has 0 fully saturated rings. The van der Waals surface area contributed by atoms with Crippen LogP contribution in [0.15, 0.2) is 53.5 Å². The number of primary amides is 1. The number of amides is 1. The van der Waals surface area contributed by atoms with Crippen LogP contribution in [0.1, 0.15) is 11.1 Å². The smallest absolute Gasteiger partial charge is 0.255 e. The topological polar surface area (TPSA) is 103 Å².